The van der Waals surface area contributed by atoms with Gasteiger partial charge in [-0.2, -0.15) is 0 Å². The summed E-state index contributed by atoms with van der Waals surface area (Å²) in [5, 5.41) is 7.90. The van der Waals surface area contributed by atoms with Crippen molar-refractivity contribution in [2.24, 2.45) is 0 Å². The van der Waals surface area contributed by atoms with Gasteiger partial charge in [0.15, 0.2) is 9.84 Å². The van der Waals surface area contributed by atoms with Gasteiger partial charge in [0.05, 0.1) is 25.8 Å². The quantitative estimate of drug-likeness (QED) is 0.926. The number of halogens is 2. The second-order valence-electron chi connectivity index (χ2n) is 3.80. The van der Waals surface area contributed by atoms with Crippen molar-refractivity contribution in [3.8, 4) is 0 Å². The van der Waals surface area contributed by atoms with Gasteiger partial charge in [-0.25, -0.2) is 13.2 Å². The van der Waals surface area contributed by atoms with Gasteiger partial charge in [-0.3, -0.25) is 0 Å². The fraction of sp³-hybridized carbons (Fsp3) is 0.364. The third-order valence-electron chi connectivity index (χ3n) is 2.68. The molecule has 0 amide bonds. The summed E-state index contributed by atoms with van der Waals surface area (Å²) in [5.41, 5.74) is -0.386. The summed E-state index contributed by atoms with van der Waals surface area (Å²) in [7, 11) is -3.65. The van der Waals surface area contributed by atoms with E-state index in [0.29, 0.717) is 6.42 Å². The molecule has 1 atom stereocenters. The summed E-state index contributed by atoms with van der Waals surface area (Å²) in [6, 6.07) is 2.46. The Kier molecular flexibility index (Phi) is 4.64. The number of hydrogen-bond acceptors (Lipinski definition) is 3. The zero-order valence-corrected chi connectivity index (χ0v) is 12.1. The third kappa shape index (κ3) is 2.63. The fourth-order valence-corrected chi connectivity index (χ4v) is 3.72. The van der Waals surface area contributed by atoms with Crippen LogP contribution in [0, 0.1) is 0 Å². The first-order valence-corrected chi connectivity index (χ1v) is 7.48. The Morgan fingerprint density at radius 3 is 2.39 bits per heavy atom. The molecule has 7 heteroatoms. The van der Waals surface area contributed by atoms with E-state index < -0.39 is 21.1 Å². The molecule has 0 bridgehead atoms. The molecule has 0 fully saturated rings. The number of benzene rings is 1. The first kappa shape index (κ1) is 15.3. The van der Waals surface area contributed by atoms with Crippen LogP contribution < -0.4 is 0 Å². The standard InChI is InChI=1S/C11H12Cl2O4S/c1-3-6(2)18(16,17)8-5-4-7(12)9(10(8)13)11(14)15/h4-6H,3H2,1-2H3,(H,14,15). The van der Waals surface area contributed by atoms with Crippen LogP contribution in [0.15, 0.2) is 17.0 Å². The maximum Gasteiger partial charge on any atom is 0.338 e. The van der Waals surface area contributed by atoms with Crippen LogP contribution in [0.3, 0.4) is 0 Å². The normalized spacial score (nSPS) is 13.3. The molecule has 0 aliphatic rings. The summed E-state index contributed by atoms with van der Waals surface area (Å²) < 4.78 is 24.3. The molecule has 0 spiro atoms. The molecule has 0 radical (unpaired) electrons. The van der Waals surface area contributed by atoms with Crippen LogP contribution in [0.4, 0.5) is 0 Å². The zero-order chi connectivity index (χ0) is 14.1. The molecule has 1 rings (SSSR count). The molecule has 0 saturated heterocycles. The molecular formula is C11H12Cl2O4S. The molecule has 0 saturated carbocycles. The van der Waals surface area contributed by atoms with E-state index >= 15 is 0 Å². The van der Waals surface area contributed by atoms with Crippen molar-refractivity contribution < 1.29 is 18.3 Å². The highest BCUT2D eigenvalue weighted by molar-refractivity contribution is 7.92. The molecule has 18 heavy (non-hydrogen) atoms. The van der Waals surface area contributed by atoms with E-state index in [1.54, 1.807) is 13.8 Å². The van der Waals surface area contributed by atoms with Crippen molar-refractivity contribution in [1.29, 1.82) is 0 Å². The lowest BCUT2D eigenvalue weighted by molar-refractivity contribution is 0.0697. The average molecular weight is 311 g/mol. The van der Waals surface area contributed by atoms with Gasteiger partial charge >= 0.3 is 5.97 Å². The molecule has 100 valence electrons. The number of rotatable bonds is 4. The van der Waals surface area contributed by atoms with Gasteiger partial charge in [-0.15, -0.1) is 0 Å². The van der Waals surface area contributed by atoms with Gasteiger partial charge in [0, 0.05) is 0 Å². The van der Waals surface area contributed by atoms with Gasteiger partial charge in [0.1, 0.15) is 0 Å². The number of aromatic carboxylic acids is 1. The predicted octanol–water partition coefficient (Wildman–Crippen LogP) is 3.26. The second kappa shape index (κ2) is 5.47. The lowest BCUT2D eigenvalue weighted by Crippen LogP contribution is -2.18. The second-order valence-corrected chi connectivity index (χ2v) is 6.92. The number of carboxylic acid groups (broad SMARTS) is 1. The minimum absolute atomic E-state index is 0.0874. The van der Waals surface area contributed by atoms with Crippen LogP contribution in [0.5, 0.6) is 0 Å². The van der Waals surface area contributed by atoms with Crippen molar-refractivity contribution >= 4 is 39.0 Å². The van der Waals surface area contributed by atoms with E-state index in [1.807, 2.05) is 0 Å². The lowest BCUT2D eigenvalue weighted by atomic mass is 10.2. The number of carbonyl (C=O) groups is 1. The van der Waals surface area contributed by atoms with E-state index in [9.17, 15) is 13.2 Å². The Morgan fingerprint density at radius 1 is 1.39 bits per heavy atom. The number of hydrogen-bond donors (Lipinski definition) is 1. The first-order chi connectivity index (χ1) is 8.23. The van der Waals surface area contributed by atoms with E-state index in [-0.39, 0.29) is 20.5 Å². The van der Waals surface area contributed by atoms with Crippen LogP contribution >= 0.6 is 23.2 Å². The highest BCUT2D eigenvalue weighted by atomic mass is 35.5. The van der Waals surface area contributed by atoms with Crippen molar-refractivity contribution in [2.45, 2.75) is 30.4 Å². The van der Waals surface area contributed by atoms with E-state index in [2.05, 4.69) is 0 Å². The van der Waals surface area contributed by atoms with Crippen LogP contribution in [-0.4, -0.2) is 24.7 Å². The van der Waals surface area contributed by atoms with Crippen molar-refractivity contribution in [3.63, 3.8) is 0 Å². The largest absolute Gasteiger partial charge is 0.478 e. The maximum atomic E-state index is 12.1. The predicted molar refractivity (Wildman–Crippen MR) is 70.4 cm³/mol. The SMILES string of the molecule is CCC(C)S(=O)(=O)c1ccc(Cl)c(C(=O)O)c1Cl. The number of carboxylic acids is 1. The van der Waals surface area contributed by atoms with Crippen LogP contribution in [0.25, 0.3) is 0 Å². The molecule has 0 aliphatic carbocycles. The molecule has 0 aliphatic heterocycles. The van der Waals surface area contributed by atoms with Gasteiger partial charge in [-0.1, -0.05) is 30.1 Å². The van der Waals surface area contributed by atoms with Crippen LogP contribution in [-0.2, 0) is 9.84 Å². The third-order valence-corrected chi connectivity index (χ3v) is 5.85. The molecular weight excluding hydrogens is 299 g/mol. The molecule has 1 unspecified atom stereocenters. The average Bonchev–Trinajstić information content (AvgIpc) is 2.26. The Labute approximate surface area is 115 Å². The molecule has 0 heterocycles. The zero-order valence-electron chi connectivity index (χ0n) is 9.78. The van der Waals surface area contributed by atoms with E-state index in [0.717, 1.165) is 0 Å². The minimum atomic E-state index is -3.65. The molecule has 1 N–H and O–H groups in total. The van der Waals surface area contributed by atoms with Crippen molar-refractivity contribution in [3.05, 3.63) is 27.7 Å². The van der Waals surface area contributed by atoms with Crippen LogP contribution in [0.2, 0.25) is 10.0 Å². The lowest BCUT2D eigenvalue weighted by Gasteiger charge is -2.13. The Hall–Kier alpha value is -0.780. The molecule has 0 aromatic heterocycles. The summed E-state index contributed by atoms with van der Waals surface area (Å²) in [4.78, 5) is 10.8. The van der Waals surface area contributed by atoms with Gasteiger partial charge in [-0.05, 0) is 25.5 Å². The monoisotopic (exact) mass is 310 g/mol. The van der Waals surface area contributed by atoms with E-state index in [4.69, 9.17) is 28.3 Å². The van der Waals surface area contributed by atoms with Gasteiger partial charge < -0.3 is 5.11 Å². The summed E-state index contributed by atoms with van der Waals surface area (Å²) in [6.45, 7) is 3.27. The van der Waals surface area contributed by atoms with Crippen LogP contribution in [0.1, 0.15) is 30.6 Å². The first-order valence-electron chi connectivity index (χ1n) is 5.18. The highest BCUT2D eigenvalue weighted by Crippen LogP contribution is 2.33. The maximum absolute atomic E-state index is 12.1. The van der Waals surface area contributed by atoms with Gasteiger partial charge in [0.25, 0.3) is 0 Å². The number of sulfone groups is 1. The van der Waals surface area contributed by atoms with Crippen molar-refractivity contribution in [1.82, 2.24) is 0 Å². The molecule has 1 aromatic rings. The fourth-order valence-electron chi connectivity index (χ4n) is 1.39. The smallest absolute Gasteiger partial charge is 0.338 e. The van der Waals surface area contributed by atoms with Crippen molar-refractivity contribution in [2.75, 3.05) is 0 Å². The highest BCUT2D eigenvalue weighted by Gasteiger charge is 2.28. The molecule has 4 nitrogen and oxygen atoms in total. The minimum Gasteiger partial charge on any atom is -0.478 e. The summed E-state index contributed by atoms with van der Waals surface area (Å²) in [6.07, 6.45) is 0.406. The van der Waals surface area contributed by atoms with E-state index in [1.165, 1.54) is 12.1 Å². The van der Waals surface area contributed by atoms with Gasteiger partial charge in [0.2, 0.25) is 0 Å². The topological polar surface area (TPSA) is 71.4 Å². The Morgan fingerprint density at radius 2 is 1.94 bits per heavy atom. The Bertz CT molecular complexity index is 581. The Balaban J connectivity index is 3.55. The molecule has 1 aromatic carbocycles. The summed E-state index contributed by atoms with van der Waals surface area (Å²) in [5.74, 6) is -1.36. The summed E-state index contributed by atoms with van der Waals surface area (Å²) >= 11 is 11.6.